The Morgan fingerprint density at radius 2 is 2.26 bits per heavy atom. The summed E-state index contributed by atoms with van der Waals surface area (Å²) < 4.78 is 26.1. The third-order valence-corrected chi connectivity index (χ3v) is 5.72. The number of hydrogen-bond acceptors (Lipinski definition) is 6. The highest BCUT2D eigenvalue weighted by Gasteiger charge is 2.24. The Morgan fingerprint density at radius 3 is 3.00 bits per heavy atom. The van der Waals surface area contributed by atoms with Crippen LogP contribution >= 0.6 is 0 Å². The number of methoxy groups -OCH3 is 1. The first-order chi connectivity index (χ1) is 17.0. The van der Waals surface area contributed by atoms with Gasteiger partial charge in [0.25, 0.3) is 0 Å². The molecule has 0 spiro atoms. The topological polar surface area (TPSA) is 103 Å². The number of amidine groups is 1. The van der Waals surface area contributed by atoms with Crippen molar-refractivity contribution in [3.05, 3.63) is 59.4 Å². The van der Waals surface area contributed by atoms with E-state index in [4.69, 9.17) is 9.47 Å². The van der Waals surface area contributed by atoms with Crippen molar-refractivity contribution in [2.75, 3.05) is 32.2 Å². The van der Waals surface area contributed by atoms with Crippen molar-refractivity contribution >= 4 is 35.3 Å². The van der Waals surface area contributed by atoms with Gasteiger partial charge in [-0.25, -0.2) is 14.4 Å². The fourth-order valence-electron chi connectivity index (χ4n) is 3.97. The molecular formula is C25H30FN7O2. The van der Waals surface area contributed by atoms with Crippen LogP contribution in [0.2, 0.25) is 0 Å². The van der Waals surface area contributed by atoms with Crippen LogP contribution in [0.4, 0.5) is 10.2 Å². The number of ether oxygens (including phenoxy) is 2. The molecule has 1 atom stereocenters. The van der Waals surface area contributed by atoms with Crippen LogP contribution in [0.3, 0.4) is 0 Å². The predicted molar refractivity (Wildman–Crippen MR) is 137 cm³/mol. The summed E-state index contributed by atoms with van der Waals surface area (Å²) in [6, 6.07) is 7.02. The summed E-state index contributed by atoms with van der Waals surface area (Å²) >= 11 is 0. The van der Waals surface area contributed by atoms with E-state index in [1.807, 2.05) is 32.1 Å². The second-order valence-corrected chi connectivity index (χ2v) is 8.19. The summed E-state index contributed by atoms with van der Waals surface area (Å²) in [4.78, 5) is 13.9. The number of hydrogen-bond donors (Lipinski definition) is 3. The Morgan fingerprint density at radius 1 is 1.40 bits per heavy atom. The number of likely N-dealkylation sites (tertiary alicyclic amines) is 1. The largest absolute Gasteiger partial charge is 0.468 e. The highest BCUT2D eigenvalue weighted by atomic mass is 19.1. The van der Waals surface area contributed by atoms with E-state index >= 15 is 0 Å². The van der Waals surface area contributed by atoms with Gasteiger partial charge in [0.2, 0.25) is 0 Å². The van der Waals surface area contributed by atoms with Crippen LogP contribution in [0.1, 0.15) is 24.7 Å². The summed E-state index contributed by atoms with van der Waals surface area (Å²) in [5, 5.41) is 10.8. The molecule has 1 saturated heterocycles. The minimum Gasteiger partial charge on any atom is -0.468 e. The third kappa shape index (κ3) is 5.78. The van der Waals surface area contributed by atoms with E-state index in [2.05, 4.69) is 42.1 Å². The van der Waals surface area contributed by atoms with Crippen LogP contribution in [-0.4, -0.2) is 65.7 Å². The first-order valence-electron chi connectivity index (χ1n) is 11.4. The van der Waals surface area contributed by atoms with Crippen molar-refractivity contribution < 1.29 is 13.9 Å². The van der Waals surface area contributed by atoms with Gasteiger partial charge < -0.3 is 24.7 Å². The standard InChI is InChI=1S/C25H30FN7O2/c1-5-6-17-12-23(32-31-17)30-22(27-3)13-24(33-10-9-18(14-33)34-4)28-15-35-21-8-7-20-19(25(21)26)11-16(2)29-20/h5-8,11-13,18,29H,3,9-10,14-15H2,1-2,4H3,(H2,30,31,32)/b6-5+,22-13+,28-24+. The Bertz CT molecular complexity index is 1270. The molecule has 1 fully saturated rings. The zero-order valence-electron chi connectivity index (χ0n) is 20.1. The van der Waals surface area contributed by atoms with Crippen LogP contribution in [0, 0.1) is 12.7 Å². The Kier molecular flexibility index (Phi) is 7.61. The molecule has 1 aliphatic rings. The average Bonchev–Trinajstić information content (AvgIpc) is 3.59. The number of benzene rings is 1. The first kappa shape index (κ1) is 24.2. The molecule has 184 valence electrons. The minimum atomic E-state index is -0.412. The van der Waals surface area contributed by atoms with E-state index in [1.54, 1.807) is 31.4 Å². The zero-order chi connectivity index (χ0) is 24.8. The number of allylic oxidation sites excluding steroid dienone is 1. The Balaban J connectivity index is 1.54. The van der Waals surface area contributed by atoms with E-state index < -0.39 is 5.82 Å². The summed E-state index contributed by atoms with van der Waals surface area (Å²) in [6.07, 6.45) is 6.58. The molecule has 0 bridgehead atoms. The van der Waals surface area contributed by atoms with Gasteiger partial charge >= 0.3 is 0 Å². The van der Waals surface area contributed by atoms with E-state index in [1.165, 1.54) is 0 Å². The molecule has 35 heavy (non-hydrogen) atoms. The quantitative estimate of drug-likeness (QED) is 0.310. The molecule has 0 aliphatic carbocycles. The fourth-order valence-corrected chi connectivity index (χ4v) is 3.97. The van der Waals surface area contributed by atoms with E-state index in [0.717, 1.165) is 29.9 Å². The van der Waals surface area contributed by atoms with Crippen molar-refractivity contribution in [2.45, 2.75) is 26.4 Å². The van der Waals surface area contributed by atoms with Crippen LogP contribution in [0.15, 0.2) is 52.2 Å². The van der Waals surface area contributed by atoms with Gasteiger partial charge in [0.05, 0.1) is 11.8 Å². The van der Waals surface area contributed by atoms with E-state index in [0.29, 0.717) is 29.4 Å². The van der Waals surface area contributed by atoms with Gasteiger partial charge in [0.15, 0.2) is 24.1 Å². The number of nitrogens with one attached hydrogen (secondary N) is 3. The molecule has 0 saturated carbocycles. The number of aliphatic imine (C=N–C) groups is 2. The van der Waals surface area contributed by atoms with Crippen LogP contribution < -0.4 is 10.1 Å². The lowest BCUT2D eigenvalue weighted by Crippen LogP contribution is -2.30. The van der Waals surface area contributed by atoms with Crippen molar-refractivity contribution in [2.24, 2.45) is 9.98 Å². The number of aryl methyl sites for hydroxylation is 1. The molecule has 1 unspecified atom stereocenters. The highest BCUT2D eigenvalue weighted by molar-refractivity contribution is 5.94. The summed E-state index contributed by atoms with van der Waals surface area (Å²) in [5.41, 5.74) is 2.47. The summed E-state index contributed by atoms with van der Waals surface area (Å²) in [5.74, 6) is 1.43. The van der Waals surface area contributed by atoms with Crippen molar-refractivity contribution in [1.29, 1.82) is 0 Å². The van der Waals surface area contributed by atoms with Crippen molar-refractivity contribution in [3.8, 4) is 5.75 Å². The maximum absolute atomic E-state index is 14.9. The Hall–Kier alpha value is -3.92. The second-order valence-electron chi connectivity index (χ2n) is 8.19. The number of halogens is 1. The van der Waals surface area contributed by atoms with Crippen LogP contribution in [-0.2, 0) is 4.74 Å². The van der Waals surface area contributed by atoms with Gasteiger partial charge in [0, 0.05) is 48.9 Å². The molecule has 1 aliphatic heterocycles. The molecule has 0 amide bonds. The van der Waals surface area contributed by atoms with Gasteiger partial charge in [-0.05, 0) is 51.3 Å². The molecule has 10 heteroatoms. The predicted octanol–water partition coefficient (Wildman–Crippen LogP) is 4.48. The number of aromatic nitrogens is 3. The van der Waals surface area contributed by atoms with Crippen LogP contribution in [0.5, 0.6) is 5.75 Å². The number of H-pyrrole nitrogens is 2. The molecule has 1 aromatic carbocycles. The van der Waals surface area contributed by atoms with Gasteiger partial charge in [-0.15, -0.1) is 0 Å². The normalized spacial score (nSPS) is 17.0. The number of rotatable bonds is 9. The molecule has 4 rings (SSSR count). The summed E-state index contributed by atoms with van der Waals surface area (Å²) in [7, 11) is 1.70. The first-order valence-corrected chi connectivity index (χ1v) is 11.4. The molecule has 3 heterocycles. The van der Waals surface area contributed by atoms with E-state index in [-0.39, 0.29) is 18.6 Å². The van der Waals surface area contributed by atoms with Gasteiger partial charge in [-0.2, -0.15) is 5.10 Å². The lowest BCUT2D eigenvalue weighted by Gasteiger charge is -2.19. The van der Waals surface area contributed by atoms with Gasteiger partial charge in [0.1, 0.15) is 11.7 Å². The number of aromatic amines is 2. The molecule has 9 nitrogen and oxygen atoms in total. The number of anilines is 1. The van der Waals surface area contributed by atoms with Gasteiger partial charge in [-0.3, -0.25) is 5.10 Å². The van der Waals surface area contributed by atoms with Gasteiger partial charge in [-0.1, -0.05) is 6.08 Å². The fraction of sp³-hybridized carbons (Fsp3) is 0.320. The second kappa shape index (κ2) is 11.0. The molecule has 0 radical (unpaired) electrons. The molecule has 3 N–H and O–H groups in total. The third-order valence-electron chi connectivity index (χ3n) is 5.72. The maximum atomic E-state index is 14.9. The van der Waals surface area contributed by atoms with E-state index in [9.17, 15) is 4.39 Å². The highest BCUT2D eigenvalue weighted by Crippen LogP contribution is 2.27. The SMILES string of the molecule is C=N/C(=C\C(=N/COc1ccc2[nH]c(C)cc2c1F)N1CCC(OC)C1)Nc1cc(/C=C/C)[nH]n1. The monoisotopic (exact) mass is 479 g/mol. The lowest BCUT2D eigenvalue weighted by atomic mass is 10.2. The minimum absolute atomic E-state index is 0.0654. The maximum Gasteiger partial charge on any atom is 0.181 e. The molecular weight excluding hydrogens is 449 g/mol. The smallest absolute Gasteiger partial charge is 0.181 e. The number of nitrogens with zero attached hydrogens (tertiary/aromatic N) is 4. The van der Waals surface area contributed by atoms with Crippen molar-refractivity contribution in [3.63, 3.8) is 0 Å². The number of fused-ring (bicyclic) bond motifs is 1. The average molecular weight is 480 g/mol. The summed E-state index contributed by atoms with van der Waals surface area (Å²) in [6.45, 7) is 8.85. The van der Waals surface area contributed by atoms with Crippen molar-refractivity contribution in [1.82, 2.24) is 20.1 Å². The molecule has 2 aromatic heterocycles. The molecule has 3 aromatic rings. The lowest BCUT2D eigenvalue weighted by molar-refractivity contribution is 0.114. The zero-order valence-corrected chi connectivity index (χ0v) is 20.1. The van der Waals surface area contributed by atoms with Crippen LogP contribution in [0.25, 0.3) is 17.0 Å². The Labute approximate surface area is 203 Å².